The van der Waals surface area contributed by atoms with Gasteiger partial charge in [0.2, 0.25) is 0 Å². The van der Waals surface area contributed by atoms with Crippen LogP contribution in [0.15, 0.2) is 24.3 Å². The summed E-state index contributed by atoms with van der Waals surface area (Å²) in [4.78, 5) is 28.5. The van der Waals surface area contributed by atoms with E-state index in [1.807, 2.05) is 41.5 Å². The van der Waals surface area contributed by atoms with Crippen molar-refractivity contribution in [3.8, 4) is 6.07 Å². The molecule has 7 heteroatoms. The Hall–Kier alpha value is -2.75. The van der Waals surface area contributed by atoms with Crippen LogP contribution < -0.4 is 0 Å². The molecule has 2 amide bonds. The molecule has 0 aliphatic carbocycles. The van der Waals surface area contributed by atoms with E-state index in [2.05, 4.69) is 6.07 Å². The van der Waals surface area contributed by atoms with Crippen molar-refractivity contribution < 1.29 is 19.1 Å². The lowest BCUT2D eigenvalue weighted by Gasteiger charge is -2.42. The maximum Gasteiger partial charge on any atom is 0.410 e. The summed E-state index contributed by atoms with van der Waals surface area (Å²) in [6.45, 7) is 11.9. The standard InChI is InChI=1S/C21H29N3O4/c1-20(2,3)27-18(25)23-11-12-24(19(26)28-21(4,5)6)17(14-23)16-9-7-15(13-22)8-10-16/h7-10,17H,11-12,14H2,1-6H3. The minimum Gasteiger partial charge on any atom is -0.444 e. The first-order chi connectivity index (χ1) is 12.9. The van der Waals surface area contributed by atoms with Crippen LogP contribution in [0.25, 0.3) is 0 Å². The first-order valence-electron chi connectivity index (χ1n) is 9.37. The fourth-order valence-corrected chi connectivity index (χ4v) is 2.88. The molecule has 1 aliphatic rings. The maximum absolute atomic E-state index is 12.7. The van der Waals surface area contributed by atoms with Crippen molar-refractivity contribution in [3.63, 3.8) is 0 Å². The molecule has 0 bridgehead atoms. The summed E-state index contributed by atoms with van der Waals surface area (Å²) in [7, 11) is 0. The molecule has 1 aromatic rings. The topological polar surface area (TPSA) is 82.9 Å². The largest absolute Gasteiger partial charge is 0.444 e. The molecule has 1 fully saturated rings. The van der Waals surface area contributed by atoms with Crippen LogP contribution in [0.1, 0.15) is 58.7 Å². The van der Waals surface area contributed by atoms with Crippen molar-refractivity contribution in [1.29, 1.82) is 5.26 Å². The summed E-state index contributed by atoms with van der Waals surface area (Å²) < 4.78 is 11.0. The molecule has 28 heavy (non-hydrogen) atoms. The van der Waals surface area contributed by atoms with E-state index in [0.717, 1.165) is 5.56 Å². The third-order valence-corrected chi connectivity index (χ3v) is 4.08. The summed E-state index contributed by atoms with van der Waals surface area (Å²) in [5.41, 5.74) is 0.156. The highest BCUT2D eigenvalue weighted by Crippen LogP contribution is 2.28. The Bertz CT molecular complexity index is 754. The van der Waals surface area contributed by atoms with Crippen LogP contribution in [0.3, 0.4) is 0 Å². The van der Waals surface area contributed by atoms with Crippen molar-refractivity contribution in [2.75, 3.05) is 19.6 Å². The number of piperazine rings is 1. The Labute approximate surface area is 166 Å². The van der Waals surface area contributed by atoms with Crippen LogP contribution in [0, 0.1) is 11.3 Å². The minimum absolute atomic E-state index is 0.292. The van der Waals surface area contributed by atoms with E-state index >= 15 is 0 Å². The van der Waals surface area contributed by atoms with Crippen LogP contribution >= 0.6 is 0 Å². The SMILES string of the molecule is CC(C)(C)OC(=O)N1CCN(C(=O)OC(C)(C)C)C(c2ccc(C#N)cc2)C1. The highest BCUT2D eigenvalue weighted by molar-refractivity contribution is 5.71. The van der Waals surface area contributed by atoms with Gasteiger partial charge in [-0.1, -0.05) is 12.1 Å². The zero-order valence-corrected chi connectivity index (χ0v) is 17.5. The summed E-state index contributed by atoms with van der Waals surface area (Å²) in [5, 5.41) is 9.03. The van der Waals surface area contributed by atoms with Gasteiger partial charge in [0, 0.05) is 19.6 Å². The smallest absolute Gasteiger partial charge is 0.410 e. The van der Waals surface area contributed by atoms with Gasteiger partial charge in [0.15, 0.2) is 0 Å². The van der Waals surface area contributed by atoms with Gasteiger partial charge in [0.05, 0.1) is 17.7 Å². The normalized spacial score (nSPS) is 17.7. The zero-order valence-electron chi connectivity index (χ0n) is 17.5. The molecule has 1 heterocycles. The molecule has 2 rings (SSSR count). The quantitative estimate of drug-likeness (QED) is 0.725. The fraction of sp³-hybridized carbons (Fsp3) is 0.571. The van der Waals surface area contributed by atoms with Crippen molar-refractivity contribution in [1.82, 2.24) is 9.80 Å². The van der Waals surface area contributed by atoms with E-state index < -0.39 is 23.4 Å². The van der Waals surface area contributed by atoms with Crippen LogP contribution in [0.5, 0.6) is 0 Å². The number of amides is 2. The van der Waals surface area contributed by atoms with Crippen molar-refractivity contribution in [2.45, 2.75) is 58.8 Å². The molecule has 1 aliphatic heterocycles. The van der Waals surface area contributed by atoms with Gasteiger partial charge in [0.1, 0.15) is 11.2 Å². The van der Waals surface area contributed by atoms with Gasteiger partial charge in [-0.2, -0.15) is 5.26 Å². The molecule has 1 aromatic carbocycles. The molecule has 1 saturated heterocycles. The van der Waals surface area contributed by atoms with Crippen LogP contribution in [0.2, 0.25) is 0 Å². The molecule has 0 N–H and O–H groups in total. The van der Waals surface area contributed by atoms with E-state index in [-0.39, 0.29) is 6.04 Å². The van der Waals surface area contributed by atoms with E-state index in [1.165, 1.54) is 0 Å². The average molecular weight is 387 g/mol. The number of nitriles is 1. The Kier molecular flexibility index (Phi) is 6.23. The van der Waals surface area contributed by atoms with Crippen molar-refractivity contribution >= 4 is 12.2 Å². The van der Waals surface area contributed by atoms with E-state index in [9.17, 15) is 9.59 Å². The molecule has 152 valence electrons. The van der Waals surface area contributed by atoms with E-state index in [4.69, 9.17) is 14.7 Å². The maximum atomic E-state index is 12.7. The monoisotopic (exact) mass is 387 g/mol. The Morgan fingerprint density at radius 3 is 2.00 bits per heavy atom. The van der Waals surface area contributed by atoms with Crippen LogP contribution in [-0.2, 0) is 9.47 Å². The predicted octanol–water partition coefficient (Wildman–Crippen LogP) is 4.09. The Morgan fingerprint density at radius 1 is 0.964 bits per heavy atom. The molecule has 1 unspecified atom stereocenters. The number of nitrogens with zero attached hydrogens (tertiary/aromatic N) is 3. The summed E-state index contributed by atoms with van der Waals surface area (Å²) in [6, 6.07) is 8.72. The van der Waals surface area contributed by atoms with Gasteiger partial charge in [-0.25, -0.2) is 9.59 Å². The number of rotatable bonds is 1. The molecular formula is C21H29N3O4. The van der Waals surface area contributed by atoms with E-state index in [1.54, 1.807) is 34.1 Å². The lowest BCUT2D eigenvalue weighted by molar-refractivity contribution is -0.0152. The number of ether oxygens (including phenoxy) is 2. The molecule has 7 nitrogen and oxygen atoms in total. The second-order valence-corrected chi connectivity index (χ2v) is 8.85. The van der Waals surface area contributed by atoms with Gasteiger partial charge in [-0.05, 0) is 59.2 Å². The van der Waals surface area contributed by atoms with Gasteiger partial charge >= 0.3 is 12.2 Å². The summed E-state index contributed by atoms with van der Waals surface area (Å²) in [6.07, 6.45) is -0.833. The zero-order chi connectivity index (χ0) is 21.1. The molecule has 1 atom stereocenters. The van der Waals surface area contributed by atoms with Gasteiger partial charge in [-0.3, -0.25) is 4.90 Å². The predicted molar refractivity (Wildman–Crippen MR) is 105 cm³/mol. The molecule has 0 radical (unpaired) electrons. The third kappa shape index (κ3) is 5.88. The molecule has 0 saturated carbocycles. The summed E-state index contributed by atoms with van der Waals surface area (Å²) in [5.74, 6) is 0. The Morgan fingerprint density at radius 2 is 1.50 bits per heavy atom. The first kappa shape index (κ1) is 21.5. The minimum atomic E-state index is -0.616. The number of carbonyl (C=O) groups is 2. The van der Waals surface area contributed by atoms with Crippen LogP contribution in [-0.4, -0.2) is 52.8 Å². The fourth-order valence-electron chi connectivity index (χ4n) is 2.88. The van der Waals surface area contributed by atoms with Crippen molar-refractivity contribution in [3.05, 3.63) is 35.4 Å². The van der Waals surface area contributed by atoms with Gasteiger partial charge in [0.25, 0.3) is 0 Å². The highest BCUT2D eigenvalue weighted by atomic mass is 16.6. The van der Waals surface area contributed by atoms with Crippen LogP contribution in [0.4, 0.5) is 9.59 Å². The number of benzene rings is 1. The number of hydrogen-bond donors (Lipinski definition) is 0. The van der Waals surface area contributed by atoms with Crippen molar-refractivity contribution in [2.24, 2.45) is 0 Å². The third-order valence-electron chi connectivity index (χ3n) is 4.08. The molecular weight excluding hydrogens is 358 g/mol. The molecule has 0 spiro atoms. The highest BCUT2D eigenvalue weighted by Gasteiger charge is 2.37. The molecule has 0 aromatic heterocycles. The lowest BCUT2D eigenvalue weighted by atomic mass is 10.0. The summed E-state index contributed by atoms with van der Waals surface area (Å²) >= 11 is 0. The van der Waals surface area contributed by atoms with Gasteiger partial charge < -0.3 is 14.4 Å². The Balaban J connectivity index is 2.27. The number of carbonyl (C=O) groups excluding carboxylic acids is 2. The second-order valence-electron chi connectivity index (χ2n) is 8.85. The lowest BCUT2D eigenvalue weighted by Crippen LogP contribution is -2.54. The van der Waals surface area contributed by atoms with E-state index in [0.29, 0.717) is 25.2 Å². The number of hydrogen-bond acceptors (Lipinski definition) is 5. The first-order valence-corrected chi connectivity index (χ1v) is 9.37. The second kappa shape index (κ2) is 8.09. The van der Waals surface area contributed by atoms with Gasteiger partial charge in [-0.15, -0.1) is 0 Å². The average Bonchev–Trinajstić information content (AvgIpc) is 2.58.